The SMILES string of the molecule is CC(C)OC(=O)CNC(=O)C(=O)c1c[nH]c2ccc(Cl)cc12. The standard InChI is InChI=1S/C15H15ClN2O4/c1-8(2)22-13(19)7-18-15(21)14(20)11-6-17-12-4-3-9(16)5-10(11)12/h3-6,8,17H,7H2,1-2H3,(H,18,21). The predicted molar refractivity (Wildman–Crippen MR) is 81.9 cm³/mol. The minimum absolute atomic E-state index is 0.201. The smallest absolute Gasteiger partial charge is 0.325 e. The van der Waals surface area contributed by atoms with Crippen LogP contribution in [0, 0.1) is 0 Å². The lowest BCUT2D eigenvalue weighted by atomic mass is 10.1. The molecule has 2 rings (SSSR count). The summed E-state index contributed by atoms with van der Waals surface area (Å²) in [5.74, 6) is -2.22. The maximum Gasteiger partial charge on any atom is 0.325 e. The maximum atomic E-state index is 12.1. The topological polar surface area (TPSA) is 88.3 Å². The molecule has 6 nitrogen and oxygen atoms in total. The van der Waals surface area contributed by atoms with E-state index in [4.69, 9.17) is 16.3 Å². The van der Waals surface area contributed by atoms with Gasteiger partial charge in [-0.25, -0.2) is 0 Å². The molecule has 2 aromatic rings. The molecular formula is C15H15ClN2O4. The van der Waals surface area contributed by atoms with Crippen molar-refractivity contribution >= 4 is 40.2 Å². The van der Waals surface area contributed by atoms with Crippen LogP contribution in [0.25, 0.3) is 10.9 Å². The van der Waals surface area contributed by atoms with Crippen molar-refractivity contribution in [2.45, 2.75) is 20.0 Å². The highest BCUT2D eigenvalue weighted by atomic mass is 35.5. The Morgan fingerprint density at radius 2 is 2.05 bits per heavy atom. The molecule has 22 heavy (non-hydrogen) atoms. The van der Waals surface area contributed by atoms with Gasteiger partial charge in [0.1, 0.15) is 6.54 Å². The Morgan fingerprint density at radius 1 is 1.32 bits per heavy atom. The molecule has 1 amide bonds. The van der Waals surface area contributed by atoms with Gasteiger partial charge in [0.15, 0.2) is 0 Å². The Hall–Kier alpha value is -2.34. The predicted octanol–water partition coefficient (Wildman–Crippen LogP) is 2.07. The number of ketones is 1. The van der Waals surface area contributed by atoms with Crippen LogP contribution in [-0.4, -0.2) is 35.3 Å². The van der Waals surface area contributed by atoms with Crippen molar-refractivity contribution in [1.82, 2.24) is 10.3 Å². The molecule has 0 saturated heterocycles. The Kier molecular flexibility index (Phi) is 4.82. The fourth-order valence-corrected chi connectivity index (χ4v) is 2.11. The molecule has 1 heterocycles. The molecule has 0 atom stereocenters. The second-order valence-corrected chi connectivity index (χ2v) is 5.38. The molecule has 0 saturated carbocycles. The molecule has 1 aromatic carbocycles. The largest absolute Gasteiger partial charge is 0.462 e. The lowest BCUT2D eigenvalue weighted by molar-refractivity contribution is -0.147. The van der Waals surface area contributed by atoms with Crippen molar-refractivity contribution in [1.29, 1.82) is 0 Å². The number of amides is 1. The number of aromatic amines is 1. The van der Waals surface area contributed by atoms with Gasteiger partial charge in [-0.3, -0.25) is 14.4 Å². The zero-order chi connectivity index (χ0) is 16.3. The molecule has 0 spiro atoms. The summed E-state index contributed by atoms with van der Waals surface area (Å²) >= 11 is 5.90. The number of carbonyl (C=O) groups is 3. The minimum Gasteiger partial charge on any atom is -0.462 e. The van der Waals surface area contributed by atoms with E-state index >= 15 is 0 Å². The molecule has 1 aromatic heterocycles. The van der Waals surface area contributed by atoms with Gasteiger partial charge >= 0.3 is 5.97 Å². The third-order valence-corrected chi connectivity index (χ3v) is 3.09. The van der Waals surface area contributed by atoms with Crippen LogP contribution in [0.5, 0.6) is 0 Å². The van der Waals surface area contributed by atoms with Crippen molar-refractivity contribution in [3.05, 3.63) is 35.0 Å². The van der Waals surface area contributed by atoms with Crippen LogP contribution >= 0.6 is 11.6 Å². The van der Waals surface area contributed by atoms with Gasteiger partial charge in [-0.2, -0.15) is 0 Å². The van der Waals surface area contributed by atoms with E-state index in [0.29, 0.717) is 15.9 Å². The van der Waals surface area contributed by atoms with E-state index in [9.17, 15) is 14.4 Å². The number of H-pyrrole nitrogens is 1. The summed E-state index contributed by atoms with van der Waals surface area (Å²) < 4.78 is 4.87. The maximum absolute atomic E-state index is 12.1. The van der Waals surface area contributed by atoms with Gasteiger partial charge < -0.3 is 15.0 Å². The molecule has 0 fully saturated rings. The summed E-state index contributed by atoms with van der Waals surface area (Å²) in [7, 11) is 0. The van der Waals surface area contributed by atoms with Crippen LogP contribution in [-0.2, 0) is 14.3 Å². The zero-order valence-corrected chi connectivity index (χ0v) is 12.9. The fraction of sp³-hybridized carbons (Fsp3) is 0.267. The minimum atomic E-state index is -0.874. The number of hydrogen-bond acceptors (Lipinski definition) is 4. The molecule has 2 N–H and O–H groups in total. The van der Waals surface area contributed by atoms with E-state index in [1.807, 2.05) is 0 Å². The van der Waals surface area contributed by atoms with Crippen LogP contribution in [0.2, 0.25) is 5.02 Å². The number of benzene rings is 1. The van der Waals surface area contributed by atoms with E-state index in [1.54, 1.807) is 32.0 Å². The summed E-state index contributed by atoms with van der Waals surface area (Å²) in [5.41, 5.74) is 0.895. The van der Waals surface area contributed by atoms with Crippen LogP contribution in [0.15, 0.2) is 24.4 Å². The number of ether oxygens (including phenoxy) is 1. The molecule has 0 radical (unpaired) electrons. The third kappa shape index (κ3) is 3.65. The summed E-state index contributed by atoms with van der Waals surface area (Å²) in [6, 6.07) is 4.99. The van der Waals surface area contributed by atoms with Crippen LogP contribution in [0.4, 0.5) is 0 Å². The van der Waals surface area contributed by atoms with E-state index in [1.165, 1.54) is 6.20 Å². The van der Waals surface area contributed by atoms with E-state index in [2.05, 4.69) is 10.3 Å². The Balaban J connectivity index is 2.08. The zero-order valence-electron chi connectivity index (χ0n) is 12.1. The first kappa shape index (κ1) is 16.0. The van der Waals surface area contributed by atoms with Gasteiger partial charge in [0.2, 0.25) is 0 Å². The van der Waals surface area contributed by atoms with Gasteiger partial charge in [-0.05, 0) is 32.0 Å². The quantitative estimate of drug-likeness (QED) is 0.501. The summed E-state index contributed by atoms with van der Waals surface area (Å²) in [6.07, 6.45) is 1.16. The lowest BCUT2D eigenvalue weighted by Crippen LogP contribution is -2.36. The average molecular weight is 323 g/mol. The first-order valence-electron chi connectivity index (χ1n) is 6.67. The number of fused-ring (bicyclic) bond motifs is 1. The average Bonchev–Trinajstić information content (AvgIpc) is 2.86. The van der Waals surface area contributed by atoms with Gasteiger partial charge in [0.05, 0.1) is 11.7 Å². The highest BCUT2D eigenvalue weighted by molar-refractivity contribution is 6.45. The van der Waals surface area contributed by atoms with Crippen molar-refractivity contribution < 1.29 is 19.1 Å². The van der Waals surface area contributed by atoms with Crippen molar-refractivity contribution in [2.75, 3.05) is 6.54 Å². The number of rotatable bonds is 5. The number of nitrogens with one attached hydrogen (secondary N) is 2. The molecule has 0 aliphatic carbocycles. The number of hydrogen-bond donors (Lipinski definition) is 2. The van der Waals surface area contributed by atoms with E-state index in [-0.39, 0.29) is 18.2 Å². The fourth-order valence-electron chi connectivity index (χ4n) is 1.94. The van der Waals surface area contributed by atoms with Gasteiger partial charge in [-0.1, -0.05) is 11.6 Å². The number of halogens is 1. The highest BCUT2D eigenvalue weighted by Gasteiger charge is 2.21. The van der Waals surface area contributed by atoms with E-state index < -0.39 is 17.7 Å². The monoisotopic (exact) mass is 322 g/mol. The Labute approximate surface area is 131 Å². The van der Waals surface area contributed by atoms with Crippen LogP contribution in [0.1, 0.15) is 24.2 Å². The molecule has 116 valence electrons. The van der Waals surface area contributed by atoms with Crippen molar-refractivity contribution in [2.24, 2.45) is 0 Å². The molecule has 0 aliphatic rings. The number of aromatic nitrogens is 1. The van der Waals surface area contributed by atoms with Gasteiger partial charge in [0.25, 0.3) is 11.7 Å². The van der Waals surface area contributed by atoms with Crippen LogP contribution < -0.4 is 5.32 Å². The molecular weight excluding hydrogens is 308 g/mol. The summed E-state index contributed by atoms with van der Waals surface area (Å²) in [4.78, 5) is 38.2. The van der Waals surface area contributed by atoms with Gasteiger partial charge in [0, 0.05) is 22.1 Å². The Bertz CT molecular complexity index is 736. The highest BCUT2D eigenvalue weighted by Crippen LogP contribution is 2.22. The first-order valence-corrected chi connectivity index (χ1v) is 7.05. The molecule has 0 aliphatic heterocycles. The molecule has 7 heteroatoms. The van der Waals surface area contributed by atoms with Crippen molar-refractivity contribution in [3.8, 4) is 0 Å². The third-order valence-electron chi connectivity index (χ3n) is 2.86. The molecule has 0 unspecified atom stereocenters. The number of esters is 1. The number of Topliss-reactive ketones (excluding diaryl/α,β-unsaturated/α-hetero) is 1. The van der Waals surface area contributed by atoms with E-state index in [0.717, 1.165) is 0 Å². The first-order chi connectivity index (χ1) is 10.4. The Morgan fingerprint density at radius 3 is 2.73 bits per heavy atom. The normalized spacial score (nSPS) is 10.7. The second kappa shape index (κ2) is 6.62. The second-order valence-electron chi connectivity index (χ2n) is 4.94. The summed E-state index contributed by atoms with van der Waals surface area (Å²) in [5, 5.41) is 3.26. The number of carbonyl (C=O) groups excluding carboxylic acids is 3. The van der Waals surface area contributed by atoms with Gasteiger partial charge in [-0.15, -0.1) is 0 Å². The van der Waals surface area contributed by atoms with Crippen molar-refractivity contribution in [3.63, 3.8) is 0 Å². The summed E-state index contributed by atoms with van der Waals surface area (Å²) in [6.45, 7) is 3.03. The molecule has 0 bridgehead atoms. The lowest BCUT2D eigenvalue weighted by Gasteiger charge is -2.08. The van der Waals surface area contributed by atoms with Crippen LogP contribution in [0.3, 0.4) is 0 Å².